The number of terminal acetylenes is 1. The Morgan fingerprint density at radius 1 is 1.17 bits per heavy atom. The summed E-state index contributed by atoms with van der Waals surface area (Å²) in [5.41, 5.74) is 3.19. The maximum absolute atomic E-state index is 12.0. The summed E-state index contributed by atoms with van der Waals surface area (Å²) >= 11 is 0. The summed E-state index contributed by atoms with van der Waals surface area (Å²) < 4.78 is 1.76. The first-order valence-corrected chi connectivity index (χ1v) is 7.40. The van der Waals surface area contributed by atoms with Crippen molar-refractivity contribution in [1.82, 2.24) is 9.78 Å². The molecule has 0 saturated heterocycles. The molecule has 3 rings (SSSR count). The molecular weight excluding hydrogens is 298 g/mol. The predicted molar refractivity (Wildman–Crippen MR) is 95.6 cm³/mol. The highest BCUT2D eigenvalue weighted by atomic mass is 16.1. The Balaban J connectivity index is 1.66. The van der Waals surface area contributed by atoms with Gasteiger partial charge < -0.3 is 5.32 Å². The van der Waals surface area contributed by atoms with Crippen molar-refractivity contribution in [3.05, 3.63) is 84.2 Å². The van der Waals surface area contributed by atoms with E-state index in [1.165, 1.54) is 6.08 Å². The lowest BCUT2D eigenvalue weighted by atomic mass is 10.2. The van der Waals surface area contributed by atoms with Crippen LogP contribution in [0.2, 0.25) is 0 Å². The maximum Gasteiger partial charge on any atom is 0.248 e. The molecule has 2 aromatic carbocycles. The van der Waals surface area contributed by atoms with Gasteiger partial charge in [0.25, 0.3) is 0 Å². The Bertz CT molecular complexity index is 917. The van der Waals surface area contributed by atoms with Crippen LogP contribution in [-0.4, -0.2) is 15.7 Å². The molecule has 4 nitrogen and oxygen atoms in total. The van der Waals surface area contributed by atoms with Gasteiger partial charge in [-0.25, -0.2) is 4.68 Å². The molecule has 0 fully saturated rings. The summed E-state index contributed by atoms with van der Waals surface area (Å²) in [5.74, 6) is 2.31. The molecule has 0 bridgehead atoms. The average Bonchev–Trinajstić information content (AvgIpc) is 3.10. The van der Waals surface area contributed by atoms with Gasteiger partial charge in [-0.3, -0.25) is 4.79 Å². The van der Waals surface area contributed by atoms with Gasteiger partial charge in [0.1, 0.15) is 0 Å². The minimum Gasteiger partial charge on any atom is -0.322 e. The average molecular weight is 313 g/mol. The number of aromatic nitrogens is 2. The number of hydrogen-bond donors (Lipinski definition) is 1. The van der Waals surface area contributed by atoms with Crippen molar-refractivity contribution >= 4 is 17.7 Å². The number of hydrogen-bond acceptors (Lipinski definition) is 2. The van der Waals surface area contributed by atoms with Crippen LogP contribution in [0.4, 0.5) is 5.69 Å². The fourth-order valence-electron chi connectivity index (χ4n) is 2.19. The second kappa shape index (κ2) is 7.12. The minimum atomic E-state index is -0.225. The fourth-order valence-corrected chi connectivity index (χ4v) is 2.19. The van der Waals surface area contributed by atoms with E-state index >= 15 is 0 Å². The van der Waals surface area contributed by atoms with E-state index in [1.54, 1.807) is 35.2 Å². The van der Waals surface area contributed by atoms with E-state index < -0.39 is 0 Å². The molecule has 3 aromatic rings. The zero-order valence-corrected chi connectivity index (χ0v) is 12.9. The molecule has 0 saturated carbocycles. The first-order valence-electron chi connectivity index (χ1n) is 7.40. The summed E-state index contributed by atoms with van der Waals surface area (Å²) in [6.45, 7) is 0. The molecule has 4 heteroatoms. The SMILES string of the molecule is C#Cc1cccc(NC(=O)/C=C/c2cnn(-c3ccccc3)c2)c1. The van der Waals surface area contributed by atoms with Crippen molar-refractivity contribution in [2.24, 2.45) is 0 Å². The van der Waals surface area contributed by atoms with Gasteiger partial charge in [0.05, 0.1) is 11.9 Å². The molecule has 0 radical (unpaired) electrons. The van der Waals surface area contributed by atoms with Gasteiger partial charge in [-0.05, 0) is 36.4 Å². The van der Waals surface area contributed by atoms with Crippen molar-refractivity contribution < 1.29 is 4.79 Å². The molecular formula is C20H15N3O. The first kappa shape index (κ1) is 15.3. The topological polar surface area (TPSA) is 46.9 Å². The summed E-state index contributed by atoms with van der Waals surface area (Å²) in [4.78, 5) is 12.0. The zero-order valence-electron chi connectivity index (χ0n) is 12.9. The third-order valence-electron chi connectivity index (χ3n) is 3.35. The number of rotatable bonds is 4. The predicted octanol–water partition coefficient (Wildman–Crippen LogP) is 3.51. The van der Waals surface area contributed by atoms with Crippen molar-refractivity contribution in [1.29, 1.82) is 0 Å². The standard InChI is InChI=1S/C20H15N3O/c1-2-16-7-6-8-18(13-16)22-20(24)12-11-17-14-21-23(15-17)19-9-4-3-5-10-19/h1,3-15H,(H,22,24)/b12-11+. The van der Waals surface area contributed by atoms with E-state index in [0.29, 0.717) is 5.69 Å². The van der Waals surface area contributed by atoms with E-state index in [4.69, 9.17) is 6.42 Å². The molecule has 0 spiro atoms. The number of benzene rings is 2. The smallest absolute Gasteiger partial charge is 0.248 e. The molecule has 0 unspecified atom stereocenters. The lowest BCUT2D eigenvalue weighted by Crippen LogP contribution is -2.07. The molecule has 24 heavy (non-hydrogen) atoms. The van der Waals surface area contributed by atoms with Gasteiger partial charge in [0, 0.05) is 29.1 Å². The van der Waals surface area contributed by atoms with Crippen LogP contribution in [0.25, 0.3) is 11.8 Å². The zero-order chi connectivity index (χ0) is 16.8. The van der Waals surface area contributed by atoms with Gasteiger partial charge in [-0.15, -0.1) is 6.42 Å². The normalized spacial score (nSPS) is 10.5. The van der Waals surface area contributed by atoms with E-state index in [-0.39, 0.29) is 5.91 Å². The molecule has 1 amide bonds. The maximum atomic E-state index is 12.0. The summed E-state index contributed by atoms with van der Waals surface area (Å²) in [6.07, 6.45) is 12.1. The number of amides is 1. The Morgan fingerprint density at radius 2 is 2.00 bits per heavy atom. The largest absolute Gasteiger partial charge is 0.322 e. The van der Waals surface area contributed by atoms with E-state index in [2.05, 4.69) is 16.3 Å². The number of para-hydroxylation sites is 1. The molecule has 0 aliphatic heterocycles. The van der Waals surface area contributed by atoms with E-state index in [9.17, 15) is 4.79 Å². The van der Waals surface area contributed by atoms with Crippen molar-refractivity contribution in [2.75, 3.05) is 5.32 Å². The molecule has 116 valence electrons. The lowest BCUT2D eigenvalue weighted by molar-refractivity contribution is -0.111. The van der Waals surface area contributed by atoms with Gasteiger partial charge in [0.15, 0.2) is 0 Å². The van der Waals surface area contributed by atoms with Gasteiger partial charge >= 0.3 is 0 Å². The van der Waals surface area contributed by atoms with Crippen molar-refractivity contribution in [3.8, 4) is 18.0 Å². The number of anilines is 1. The number of nitrogens with zero attached hydrogens (tertiary/aromatic N) is 2. The van der Waals surface area contributed by atoms with Crippen LogP contribution >= 0.6 is 0 Å². The number of nitrogens with one attached hydrogen (secondary N) is 1. The Labute approximate surface area is 140 Å². The monoisotopic (exact) mass is 313 g/mol. The van der Waals surface area contributed by atoms with Crippen LogP contribution in [0.15, 0.2) is 73.1 Å². The molecule has 0 aliphatic rings. The van der Waals surface area contributed by atoms with Crippen LogP contribution in [0.5, 0.6) is 0 Å². The molecule has 1 aromatic heterocycles. The second-order valence-corrected chi connectivity index (χ2v) is 5.10. The second-order valence-electron chi connectivity index (χ2n) is 5.10. The number of carbonyl (C=O) groups excluding carboxylic acids is 1. The van der Waals surface area contributed by atoms with E-state index in [0.717, 1.165) is 16.8 Å². The molecule has 0 atom stereocenters. The van der Waals surface area contributed by atoms with Crippen LogP contribution in [0.3, 0.4) is 0 Å². The van der Waals surface area contributed by atoms with Crippen molar-refractivity contribution in [2.45, 2.75) is 0 Å². The van der Waals surface area contributed by atoms with Crippen LogP contribution in [0.1, 0.15) is 11.1 Å². The molecule has 1 N–H and O–H groups in total. The third-order valence-corrected chi connectivity index (χ3v) is 3.35. The summed E-state index contributed by atoms with van der Waals surface area (Å²) in [6, 6.07) is 16.9. The van der Waals surface area contributed by atoms with Gasteiger partial charge in [-0.1, -0.05) is 30.2 Å². The van der Waals surface area contributed by atoms with Crippen LogP contribution < -0.4 is 5.32 Å². The lowest BCUT2D eigenvalue weighted by Gasteiger charge is -2.02. The first-order chi connectivity index (χ1) is 11.7. The Kier molecular flexibility index (Phi) is 4.55. The summed E-state index contributed by atoms with van der Waals surface area (Å²) in [7, 11) is 0. The number of carbonyl (C=O) groups is 1. The Hall–Kier alpha value is -3.58. The highest BCUT2D eigenvalue weighted by Crippen LogP contribution is 2.11. The van der Waals surface area contributed by atoms with Gasteiger partial charge in [-0.2, -0.15) is 5.10 Å². The quantitative estimate of drug-likeness (QED) is 0.592. The van der Waals surface area contributed by atoms with Crippen molar-refractivity contribution in [3.63, 3.8) is 0 Å². The van der Waals surface area contributed by atoms with E-state index in [1.807, 2.05) is 42.6 Å². The van der Waals surface area contributed by atoms with Crippen LogP contribution in [-0.2, 0) is 4.79 Å². The summed E-state index contributed by atoms with van der Waals surface area (Å²) in [5, 5.41) is 7.06. The fraction of sp³-hybridized carbons (Fsp3) is 0. The minimum absolute atomic E-state index is 0.225. The van der Waals surface area contributed by atoms with Crippen LogP contribution in [0, 0.1) is 12.3 Å². The Morgan fingerprint density at radius 3 is 2.79 bits per heavy atom. The highest BCUT2D eigenvalue weighted by Gasteiger charge is 2.01. The third kappa shape index (κ3) is 3.79. The molecule has 0 aliphatic carbocycles. The highest BCUT2D eigenvalue weighted by molar-refractivity contribution is 6.01. The van der Waals surface area contributed by atoms with Gasteiger partial charge in [0.2, 0.25) is 5.91 Å². The molecule has 1 heterocycles.